The molecule has 2 rings (SSSR count). The number of nitrogens with zero attached hydrogens (tertiary/aromatic N) is 2. The molecule has 7 heteroatoms. The van der Waals surface area contributed by atoms with Crippen molar-refractivity contribution in [3.8, 4) is 6.07 Å². The number of aryl methyl sites for hydroxylation is 1. The van der Waals surface area contributed by atoms with E-state index >= 15 is 0 Å². The fourth-order valence-electron chi connectivity index (χ4n) is 2.80. The number of ether oxygens (including phenoxy) is 1. The first-order chi connectivity index (χ1) is 10.9. The molecule has 1 aromatic carbocycles. The van der Waals surface area contributed by atoms with Crippen molar-refractivity contribution in [1.82, 2.24) is 4.31 Å². The quantitative estimate of drug-likeness (QED) is 0.785. The van der Waals surface area contributed by atoms with Gasteiger partial charge in [-0.25, -0.2) is 8.42 Å². The molecule has 6 nitrogen and oxygen atoms in total. The molecule has 1 atom stereocenters. The fraction of sp³-hybridized carbons (Fsp3) is 0.500. The monoisotopic (exact) mass is 336 g/mol. The van der Waals surface area contributed by atoms with Crippen LogP contribution in [0.3, 0.4) is 0 Å². The molecule has 23 heavy (non-hydrogen) atoms. The van der Waals surface area contributed by atoms with Crippen LogP contribution in [0, 0.1) is 18.3 Å². The summed E-state index contributed by atoms with van der Waals surface area (Å²) in [6.45, 7) is 3.87. The van der Waals surface area contributed by atoms with E-state index in [1.165, 1.54) is 22.5 Å². The van der Waals surface area contributed by atoms with Crippen molar-refractivity contribution in [2.24, 2.45) is 0 Å². The van der Waals surface area contributed by atoms with E-state index in [2.05, 4.69) is 0 Å². The lowest BCUT2D eigenvalue weighted by Gasteiger charge is -2.33. The first-order valence-corrected chi connectivity index (χ1v) is 9.05. The number of nitriles is 1. The van der Waals surface area contributed by atoms with Crippen LogP contribution in [0.1, 0.15) is 37.3 Å². The first-order valence-electron chi connectivity index (χ1n) is 7.61. The van der Waals surface area contributed by atoms with Gasteiger partial charge < -0.3 is 4.74 Å². The Morgan fingerprint density at radius 1 is 1.43 bits per heavy atom. The molecule has 124 valence electrons. The Bertz CT molecular complexity index is 737. The third-order valence-electron chi connectivity index (χ3n) is 3.90. The molecule has 1 heterocycles. The van der Waals surface area contributed by atoms with E-state index < -0.39 is 22.0 Å². The number of piperidine rings is 1. The molecule has 0 aromatic heterocycles. The zero-order chi connectivity index (χ0) is 17.0. The minimum absolute atomic E-state index is 0.132. The molecule has 1 aliphatic rings. The van der Waals surface area contributed by atoms with Gasteiger partial charge in [-0.15, -0.1) is 0 Å². The number of hydrogen-bond acceptors (Lipinski definition) is 5. The molecule has 0 radical (unpaired) electrons. The molecule has 0 aliphatic carbocycles. The van der Waals surface area contributed by atoms with E-state index in [0.29, 0.717) is 30.5 Å². The van der Waals surface area contributed by atoms with Crippen LogP contribution in [0.25, 0.3) is 0 Å². The minimum Gasteiger partial charge on any atom is -0.465 e. The molecule has 0 spiro atoms. The maximum Gasteiger partial charge on any atom is 0.324 e. The van der Waals surface area contributed by atoms with Crippen molar-refractivity contribution in [3.05, 3.63) is 29.3 Å². The number of rotatable bonds is 4. The minimum atomic E-state index is -3.81. The van der Waals surface area contributed by atoms with Crippen molar-refractivity contribution in [2.75, 3.05) is 13.2 Å². The third kappa shape index (κ3) is 3.54. The fourth-order valence-corrected chi connectivity index (χ4v) is 4.66. The number of carbonyl (C=O) groups is 1. The maximum absolute atomic E-state index is 13.0. The molecule has 0 amide bonds. The lowest BCUT2D eigenvalue weighted by molar-refractivity contribution is -0.148. The summed E-state index contributed by atoms with van der Waals surface area (Å²) in [5.74, 6) is -0.498. The Balaban J connectivity index is 2.40. The van der Waals surface area contributed by atoms with Gasteiger partial charge in [0.15, 0.2) is 0 Å². The van der Waals surface area contributed by atoms with Gasteiger partial charge in [-0.2, -0.15) is 9.57 Å². The number of carbonyl (C=O) groups excluding carboxylic acids is 1. The van der Waals surface area contributed by atoms with E-state index in [0.717, 1.165) is 6.42 Å². The van der Waals surface area contributed by atoms with Crippen molar-refractivity contribution >= 4 is 16.0 Å². The predicted molar refractivity (Wildman–Crippen MR) is 84.1 cm³/mol. The summed E-state index contributed by atoms with van der Waals surface area (Å²) < 4.78 is 32.2. The van der Waals surface area contributed by atoms with Crippen molar-refractivity contribution in [1.29, 1.82) is 5.26 Å². The van der Waals surface area contributed by atoms with Crippen LogP contribution in [0.4, 0.5) is 0 Å². The van der Waals surface area contributed by atoms with Crippen molar-refractivity contribution < 1.29 is 17.9 Å². The summed E-state index contributed by atoms with van der Waals surface area (Å²) in [6, 6.07) is 5.66. The average molecular weight is 336 g/mol. The van der Waals surface area contributed by atoms with Crippen LogP contribution in [-0.2, 0) is 19.6 Å². The number of benzene rings is 1. The zero-order valence-electron chi connectivity index (χ0n) is 13.3. The summed E-state index contributed by atoms with van der Waals surface area (Å²) in [7, 11) is -3.81. The second-order valence-corrected chi connectivity index (χ2v) is 7.33. The first kappa shape index (κ1) is 17.4. The molecule has 0 bridgehead atoms. The number of sulfonamides is 1. The molecule has 1 aliphatic heterocycles. The highest BCUT2D eigenvalue weighted by Gasteiger charge is 2.39. The predicted octanol–water partition coefficient (Wildman–Crippen LogP) is 1.97. The van der Waals surface area contributed by atoms with Gasteiger partial charge in [0.2, 0.25) is 10.0 Å². The van der Waals surface area contributed by atoms with Gasteiger partial charge in [0.05, 0.1) is 23.1 Å². The molecule has 1 fully saturated rings. The van der Waals surface area contributed by atoms with E-state index in [4.69, 9.17) is 10.00 Å². The Morgan fingerprint density at radius 2 is 2.17 bits per heavy atom. The Kier molecular flexibility index (Phi) is 5.39. The van der Waals surface area contributed by atoms with Crippen LogP contribution in [0.5, 0.6) is 0 Å². The molecule has 0 saturated carbocycles. The molecule has 0 N–H and O–H groups in total. The maximum atomic E-state index is 13.0. The normalized spacial score (nSPS) is 19.1. The topological polar surface area (TPSA) is 87.5 Å². The molecule has 1 aromatic rings. The van der Waals surface area contributed by atoms with Crippen LogP contribution in [-0.4, -0.2) is 37.9 Å². The van der Waals surface area contributed by atoms with E-state index in [1.54, 1.807) is 13.8 Å². The molecule has 1 saturated heterocycles. The van der Waals surface area contributed by atoms with Gasteiger partial charge in [-0.3, -0.25) is 4.79 Å². The average Bonchev–Trinajstić information content (AvgIpc) is 2.54. The second-order valence-electron chi connectivity index (χ2n) is 5.47. The third-order valence-corrected chi connectivity index (χ3v) is 5.97. The van der Waals surface area contributed by atoms with Crippen molar-refractivity contribution in [3.63, 3.8) is 0 Å². The Hall–Kier alpha value is -1.91. The standard InChI is InChI=1S/C16H20N2O4S/c1-3-22-16(19)14-6-4-5-9-18(14)23(20,21)15-8-7-13(11-17)10-12(15)2/h7-8,10,14H,3-6,9H2,1-2H3. The van der Waals surface area contributed by atoms with E-state index in [1.807, 2.05) is 6.07 Å². The van der Waals surface area contributed by atoms with E-state index in [-0.39, 0.29) is 11.5 Å². The van der Waals surface area contributed by atoms with Crippen molar-refractivity contribution in [2.45, 2.75) is 44.0 Å². The van der Waals surface area contributed by atoms with Gasteiger partial charge >= 0.3 is 5.97 Å². The highest BCUT2D eigenvalue weighted by Crippen LogP contribution is 2.28. The van der Waals surface area contributed by atoms with Crippen LogP contribution in [0.2, 0.25) is 0 Å². The second kappa shape index (κ2) is 7.11. The van der Waals surface area contributed by atoms with Crippen LogP contribution in [0.15, 0.2) is 23.1 Å². The largest absolute Gasteiger partial charge is 0.465 e. The smallest absolute Gasteiger partial charge is 0.324 e. The molecular weight excluding hydrogens is 316 g/mol. The SMILES string of the molecule is CCOC(=O)C1CCCCN1S(=O)(=O)c1ccc(C#N)cc1C. The number of hydrogen-bond donors (Lipinski definition) is 0. The van der Waals surface area contributed by atoms with Gasteiger partial charge in [-0.05, 0) is 56.9 Å². The highest BCUT2D eigenvalue weighted by atomic mass is 32.2. The van der Waals surface area contributed by atoms with Crippen LogP contribution < -0.4 is 0 Å². The van der Waals surface area contributed by atoms with Gasteiger partial charge in [0.25, 0.3) is 0 Å². The summed E-state index contributed by atoms with van der Waals surface area (Å²) >= 11 is 0. The Labute approximate surface area is 136 Å². The highest BCUT2D eigenvalue weighted by molar-refractivity contribution is 7.89. The van der Waals surface area contributed by atoms with Gasteiger partial charge in [0.1, 0.15) is 6.04 Å². The summed E-state index contributed by atoms with van der Waals surface area (Å²) in [6.07, 6.45) is 1.97. The lowest BCUT2D eigenvalue weighted by Crippen LogP contribution is -2.48. The molecule has 1 unspecified atom stereocenters. The zero-order valence-corrected chi connectivity index (χ0v) is 14.1. The lowest BCUT2D eigenvalue weighted by atomic mass is 10.1. The molecular formula is C16H20N2O4S. The summed E-state index contributed by atoms with van der Waals surface area (Å²) in [5, 5.41) is 8.91. The Morgan fingerprint density at radius 3 is 2.78 bits per heavy atom. The summed E-state index contributed by atoms with van der Waals surface area (Å²) in [5.41, 5.74) is 0.902. The van der Waals surface area contributed by atoms with E-state index in [9.17, 15) is 13.2 Å². The van der Waals surface area contributed by atoms with Crippen LogP contribution >= 0.6 is 0 Å². The van der Waals surface area contributed by atoms with Gasteiger partial charge in [0, 0.05) is 6.54 Å². The summed E-state index contributed by atoms with van der Waals surface area (Å²) in [4.78, 5) is 12.2. The number of esters is 1. The van der Waals surface area contributed by atoms with Gasteiger partial charge in [-0.1, -0.05) is 0 Å².